The van der Waals surface area contributed by atoms with Crippen molar-refractivity contribution < 1.29 is 0 Å². The molecule has 6 nitrogen and oxygen atoms in total. The van der Waals surface area contributed by atoms with Gasteiger partial charge in [-0.25, -0.2) is 15.0 Å². The third-order valence-corrected chi connectivity index (χ3v) is 3.82. The molecule has 96 valence electrons. The summed E-state index contributed by atoms with van der Waals surface area (Å²) in [6.07, 6.45) is 4.45. The Morgan fingerprint density at radius 3 is 3.06 bits per heavy atom. The molecule has 0 radical (unpaired) electrons. The number of anilines is 1. The van der Waals surface area contributed by atoms with E-state index in [4.69, 9.17) is 0 Å². The van der Waals surface area contributed by atoms with Gasteiger partial charge in [-0.2, -0.15) is 0 Å². The lowest BCUT2D eigenvalue weighted by Gasteiger charge is -2.37. The van der Waals surface area contributed by atoms with Gasteiger partial charge in [0.25, 0.3) is 0 Å². The van der Waals surface area contributed by atoms with Crippen molar-refractivity contribution in [2.75, 3.05) is 25.0 Å². The summed E-state index contributed by atoms with van der Waals surface area (Å²) in [7, 11) is 2.09. The van der Waals surface area contributed by atoms with E-state index in [1.807, 2.05) is 0 Å². The zero-order valence-electron chi connectivity index (χ0n) is 10.7. The van der Waals surface area contributed by atoms with Crippen molar-refractivity contribution in [2.24, 2.45) is 5.92 Å². The average Bonchev–Trinajstić information content (AvgIpc) is 2.86. The van der Waals surface area contributed by atoms with Crippen LogP contribution in [0.3, 0.4) is 0 Å². The second kappa shape index (κ2) is 4.53. The predicted octanol–water partition coefficient (Wildman–Crippen LogP) is 0.787. The van der Waals surface area contributed by atoms with Crippen LogP contribution in [0.25, 0.3) is 11.2 Å². The van der Waals surface area contributed by atoms with Gasteiger partial charge in [-0.1, -0.05) is 6.92 Å². The molecule has 2 atom stereocenters. The summed E-state index contributed by atoms with van der Waals surface area (Å²) in [5, 5.41) is 3.45. The highest BCUT2D eigenvalue weighted by Crippen LogP contribution is 2.25. The highest BCUT2D eigenvalue weighted by Gasteiger charge is 2.26. The van der Waals surface area contributed by atoms with Gasteiger partial charge in [-0.15, -0.1) is 0 Å². The Labute approximate surface area is 106 Å². The summed E-state index contributed by atoms with van der Waals surface area (Å²) < 4.78 is 0. The number of hydrogen-bond acceptors (Lipinski definition) is 5. The number of fused-ring (bicyclic) bond motifs is 1. The maximum Gasteiger partial charge on any atom is 0.182 e. The predicted molar refractivity (Wildman–Crippen MR) is 70.5 cm³/mol. The number of H-pyrrole nitrogens is 1. The van der Waals surface area contributed by atoms with E-state index in [-0.39, 0.29) is 0 Å². The van der Waals surface area contributed by atoms with Crippen LogP contribution in [0, 0.1) is 5.92 Å². The lowest BCUT2D eigenvalue weighted by Crippen LogP contribution is -2.49. The van der Waals surface area contributed by atoms with Gasteiger partial charge >= 0.3 is 0 Å². The molecule has 6 heteroatoms. The molecular weight excluding hydrogens is 228 g/mol. The van der Waals surface area contributed by atoms with Crippen molar-refractivity contribution in [2.45, 2.75) is 19.4 Å². The number of nitrogens with zero attached hydrogens (tertiary/aromatic N) is 4. The number of imidazole rings is 1. The number of hydrogen-bond donors (Lipinski definition) is 2. The third-order valence-electron chi connectivity index (χ3n) is 3.82. The summed E-state index contributed by atoms with van der Waals surface area (Å²) >= 11 is 0. The first kappa shape index (κ1) is 11.4. The third kappa shape index (κ3) is 1.82. The van der Waals surface area contributed by atoms with Crippen LogP contribution in [-0.4, -0.2) is 46.1 Å². The molecule has 18 heavy (non-hydrogen) atoms. The van der Waals surface area contributed by atoms with Crippen LogP contribution in [-0.2, 0) is 0 Å². The van der Waals surface area contributed by atoms with E-state index >= 15 is 0 Å². The van der Waals surface area contributed by atoms with E-state index in [9.17, 15) is 0 Å². The van der Waals surface area contributed by atoms with Crippen LogP contribution >= 0.6 is 0 Å². The zero-order valence-corrected chi connectivity index (χ0v) is 10.7. The molecule has 3 heterocycles. The van der Waals surface area contributed by atoms with Gasteiger partial charge in [0, 0.05) is 19.6 Å². The molecule has 1 saturated heterocycles. The van der Waals surface area contributed by atoms with E-state index in [2.05, 4.69) is 44.1 Å². The summed E-state index contributed by atoms with van der Waals surface area (Å²) in [6.45, 7) is 4.40. The van der Waals surface area contributed by atoms with Gasteiger partial charge in [0.05, 0.1) is 6.33 Å². The second-order valence-corrected chi connectivity index (χ2v) is 4.95. The first-order valence-corrected chi connectivity index (χ1v) is 6.35. The molecule has 0 aromatic carbocycles. The molecule has 0 amide bonds. The van der Waals surface area contributed by atoms with Crippen LogP contribution in [0.1, 0.15) is 13.3 Å². The fraction of sp³-hybridized carbons (Fsp3) is 0.583. The molecule has 0 saturated carbocycles. The summed E-state index contributed by atoms with van der Waals surface area (Å²) in [5.41, 5.74) is 1.64. The molecule has 1 aliphatic heterocycles. The maximum atomic E-state index is 4.40. The monoisotopic (exact) mass is 246 g/mol. The van der Waals surface area contributed by atoms with Crippen molar-refractivity contribution in [3.63, 3.8) is 0 Å². The Kier molecular flexibility index (Phi) is 2.87. The van der Waals surface area contributed by atoms with Crippen molar-refractivity contribution in [1.29, 1.82) is 0 Å². The quantitative estimate of drug-likeness (QED) is 0.819. The Morgan fingerprint density at radius 1 is 1.33 bits per heavy atom. The molecule has 2 N–H and O–H groups in total. The van der Waals surface area contributed by atoms with E-state index in [1.54, 1.807) is 12.7 Å². The molecule has 0 aliphatic carbocycles. The van der Waals surface area contributed by atoms with Crippen LogP contribution in [0.2, 0.25) is 0 Å². The number of rotatable bonds is 2. The van der Waals surface area contributed by atoms with Crippen molar-refractivity contribution >= 4 is 17.0 Å². The second-order valence-electron chi connectivity index (χ2n) is 4.95. The Morgan fingerprint density at radius 2 is 2.22 bits per heavy atom. The smallest absolute Gasteiger partial charge is 0.182 e. The molecule has 0 bridgehead atoms. The van der Waals surface area contributed by atoms with Gasteiger partial charge in [0.2, 0.25) is 0 Å². The van der Waals surface area contributed by atoms with Crippen LogP contribution in [0.5, 0.6) is 0 Å². The Balaban J connectivity index is 1.95. The zero-order chi connectivity index (χ0) is 12.5. The van der Waals surface area contributed by atoms with Gasteiger partial charge in [0.1, 0.15) is 11.8 Å². The van der Waals surface area contributed by atoms with E-state index in [0.29, 0.717) is 12.0 Å². The molecule has 2 aromatic rings. The molecule has 1 aliphatic rings. The Bertz CT molecular complexity index is 536. The molecule has 0 unspecified atom stereocenters. The number of aromatic nitrogens is 4. The topological polar surface area (TPSA) is 69.7 Å². The summed E-state index contributed by atoms with van der Waals surface area (Å²) in [6, 6.07) is 0.458. The highest BCUT2D eigenvalue weighted by molar-refractivity contribution is 5.82. The minimum Gasteiger partial charge on any atom is -0.353 e. The minimum absolute atomic E-state index is 0.458. The lowest BCUT2D eigenvalue weighted by molar-refractivity contribution is 0.337. The van der Waals surface area contributed by atoms with Crippen LogP contribution < -0.4 is 10.2 Å². The van der Waals surface area contributed by atoms with Crippen molar-refractivity contribution in [3.8, 4) is 0 Å². The Hall–Kier alpha value is -1.69. The molecule has 3 rings (SSSR count). The highest BCUT2D eigenvalue weighted by atomic mass is 15.2. The first-order valence-electron chi connectivity index (χ1n) is 6.35. The number of piperidine rings is 1. The number of aromatic amines is 1. The standard InChI is InChI=1S/C12H18N6/c1-8-3-4-13-5-9(8)18(2)12-10-11(15-6-14-10)16-7-17-12/h6-9,13H,3-5H2,1-2H3,(H,14,15,16,17)/t8-,9+/m1/s1. The summed E-state index contributed by atoms with van der Waals surface area (Å²) in [4.78, 5) is 18.1. The van der Waals surface area contributed by atoms with E-state index < -0.39 is 0 Å². The lowest BCUT2D eigenvalue weighted by atomic mass is 9.94. The fourth-order valence-corrected chi connectivity index (χ4v) is 2.67. The van der Waals surface area contributed by atoms with Gasteiger partial charge in [-0.05, 0) is 18.9 Å². The van der Waals surface area contributed by atoms with Gasteiger partial charge < -0.3 is 15.2 Å². The molecule has 2 aromatic heterocycles. The average molecular weight is 246 g/mol. The minimum atomic E-state index is 0.458. The van der Waals surface area contributed by atoms with E-state index in [0.717, 1.165) is 30.1 Å². The van der Waals surface area contributed by atoms with Gasteiger partial charge in [-0.3, -0.25) is 0 Å². The van der Waals surface area contributed by atoms with Crippen molar-refractivity contribution in [1.82, 2.24) is 25.3 Å². The maximum absolute atomic E-state index is 4.40. The van der Waals surface area contributed by atoms with Gasteiger partial charge in [0.15, 0.2) is 11.5 Å². The first-order chi connectivity index (χ1) is 8.77. The van der Waals surface area contributed by atoms with Crippen LogP contribution in [0.4, 0.5) is 5.82 Å². The SMILES string of the molecule is C[C@@H]1CCNC[C@@H]1N(C)c1ncnc2nc[nH]c12. The van der Waals surface area contributed by atoms with Crippen molar-refractivity contribution in [3.05, 3.63) is 12.7 Å². The molecule has 0 spiro atoms. The normalized spacial score (nSPS) is 24.3. The van der Waals surface area contributed by atoms with E-state index in [1.165, 1.54) is 6.42 Å². The number of nitrogens with one attached hydrogen (secondary N) is 2. The molecule has 1 fully saturated rings. The number of likely N-dealkylation sites (N-methyl/N-ethyl adjacent to an activating group) is 1. The summed E-state index contributed by atoms with van der Waals surface area (Å²) in [5.74, 6) is 1.59. The fourth-order valence-electron chi connectivity index (χ4n) is 2.67. The largest absolute Gasteiger partial charge is 0.353 e. The molecular formula is C12H18N6. The van der Waals surface area contributed by atoms with Crippen LogP contribution in [0.15, 0.2) is 12.7 Å².